The Bertz CT molecular complexity index is 1980. The zero-order valence-corrected chi connectivity index (χ0v) is 33.7. The van der Waals surface area contributed by atoms with Crippen molar-refractivity contribution in [1.29, 1.82) is 0 Å². The summed E-state index contributed by atoms with van der Waals surface area (Å²) in [5.74, 6) is 4.48. The van der Waals surface area contributed by atoms with E-state index >= 15 is 0 Å². The van der Waals surface area contributed by atoms with Crippen molar-refractivity contribution in [2.75, 3.05) is 0 Å². The Morgan fingerprint density at radius 2 is 1.52 bits per heavy atom. The molecule has 2 nitrogen and oxygen atoms in total. The molecule has 2 heteroatoms. The Balaban J connectivity index is 0.902. The highest BCUT2D eigenvalue weighted by atomic mass is 15.2. The summed E-state index contributed by atoms with van der Waals surface area (Å²) in [4.78, 5) is 5.93. The molecule has 2 aliphatic heterocycles. The van der Waals surface area contributed by atoms with Gasteiger partial charge in [-0.05, 0) is 143 Å². The van der Waals surface area contributed by atoms with Crippen molar-refractivity contribution >= 4 is 0 Å². The molecule has 0 aromatic heterocycles. The normalized spacial score (nSPS) is 39.7. The molecular weight excluding hydrogens is 677 g/mol. The minimum Gasteiger partial charge on any atom is -0.364 e. The van der Waals surface area contributed by atoms with Crippen LogP contribution in [-0.4, -0.2) is 34.0 Å². The standard InChI is InChI=1S/C54H64N2/c1-4-15-37(16-5-1)40-21-14-22-45(32-40)55-52-26-13-11-24-48(52)50-35-41(28-30-53(50)55)42-27-29-49-47-23-10-12-25-51(47)56(54(49)36-42)46-33-43(38-17-6-2-7-18-38)31-44(34-46)39-19-8-3-9-20-39/h2-4,6,8,10,14-15,17,22-23,27-32,35-37,39-40,43,46,48-50,52-54H,1,5,7,9,11-13,16,18-21,24-26,33-34H2. The third-order valence-corrected chi connectivity index (χ3v) is 16.2. The predicted molar refractivity (Wildman–Crippen MR) is 233 cm³/mol. The van der Waals surface area contributed by atoms with Crippen LogP contribution in [-0.2, 0) is 0 Å². The minimum atomic E-state index is 0.414. The van der Waals surface area contributed by atoms with Crippen molar-refractivity contribution < 1.29 is 0 Å². The molecule has 1 saturated carbocycles. The largest absolute Gasteiger partial charge is 0.364 e. The van der Waals surface area contributed by atoms with Crippen LogP contribution >= 0.6 is 0 Å². The number of hydrogen-bond donors (Lipinski definition) is 0. The van der Waals surface area contributed by atoms with Crippen molar-refractivity contribution in [1.82, 2.24) is 9.80 Å². The van der Waals surface area contributed by atoms with Gasteiger partial charge in [-0.15, -0.1) is 0 Å². The van der Waals surface area contributed by atoms with E-state index in [1.165, 1.54) is 126 Å². The topological polar surface area (TPSA) is 6.48 Å². The molecule has 0 bridgehead atoms. The predicted octanol–water partition coefficient (Wildman–Crippen LogP) is 12.9. The van der Waals surface area contributed by atoms with E-state index in [-0.39, 0.29) is 0 Å². The van der Waals surface area contributed by atoms with Crippen LogP contribution in [0.5, 0.6) is 0 Å². The van der Waals surface area contributed by atoms with E-state index in [0.29, 0.717) is 53.8 Å². The summed E-state index contributed by atoms with van der Waals surface area (Å²) in [6, 6.07) is 2.12. The Morgan fingerprint density at radius 3 is 2.41 bits per heavy atom. The van der Waals surface area contributed by atoms with Crippen molar-refractivity contribution in [2.24, 2.45) is 41.4 Å². The number of hydrogen-bond acceptors (Lipinski definition) is 2. The Labute approximate surface area is 338 Å². The van der Waals surface area contributed by atoms with Crippen LogP contribution in [0.15, 0.2) is 155 Å². The number of likely N-dealkylation sites (tertiary alicyclic amines) is 1. The maximum atomic E-state index is 3.01. The quantitative estimate of drug-likeness (QED) is 0.250. The van der Waals surface area contributed by atoms with Crippen molar-refractivity contribution in [2.45, 2.75) is 133 Å². The van der Waals surface area contributed by atoms with Crippen LogP contribution in [0.3, 0.4) is 0 Å². The molecule has 9 aliphatic carbocycles. The van der Waals surface area contributed by atoms with Crippen LogP contribution in [0.25, 0.3) is 0 Å². The van der Waals surface area contributed by atoms with Crippen molar-refractivity contribution in [3.63, 3.8) is 0 Å². The summed E-state index contributed by atoms with van der Waals surface area (Å²) in [6.45, 7) is 0. The van der Waals surface area contributed by atoms with Gasteiger partial charge in [-0.2, -0.15) is 0 Å². The maximum absolute atomic E-state index is 3.01. The summed E-state index contributed by atoms with van der Waals surface area (Å²) in [5, 5.41) is 0. The first-order valence-corrected chi connectivity index (χ1v) is 23.3. The summed E-state index contributed by atoms with van der Waals surface area (Å²) < 4.78 is 0. The molecule has 11 unspecified atom stereocenters. The second-order valence-electron chi connectivity index (χ2n) is 19.3. The molecule has 0 spiro atoms. The van der Waals surface area contributed by atoms with Crippen molar-refractivity contribution in [3.8, 4) is 0 Å². The second kappa shape index (κ2) is 15.2. The average Bonchev–Trinajstić information content (AvgIpc) is 3.79. The molecular formula is C54H64N2. The van der Waals surface area contributed by atoms with Crippen LogP contribution in [0.1, 0.15) is 109 Å². The van der Waals surface area contributed by atoms with E-state index in [4.69, 9.17) is 0 Å². The maximum Gasteiger partial charge on any atom is 0.0586 e. The van der Waals surface area contributed by atoms with E-state index in [1.807, 2.05) is 0 Å². The van der Waals surface area contributed by atoms with Gasteiger partial charge in [-0.3, -0.25) is 0 Å². The molecule has 11 rings (SSSR count). The Kier molecular flexibility index (Phi) is 9.60. The zero-order chi connectivity index (χ0) is 37.0. The molecule has 1 saturated heterocycles. The third-order valence-electron chi connectivity index (χ3n) is 16.2. The van der Waals surface area contributed by atoms with Gasteiger partial charge in [0.25, 0.3) is 0 Å². The van der Waals surface area contributed by atoms with Gasteiger partial charge < -0.3 is 9.80 Å². The van der Waals surface area contributed by atoms with Gasteiger partial charge in [0.2, 0.25) is 0 Å². The summed E-state index contributed by atoms with van der Waals surface area (Å²) in [6.07, 6.45) is 70.1. The SMILES string of the molecule is C1=CCCC(C2C=C(C3CC=CCC3)CC(N3C4=C(C=CCC4)C4C=CC(C5=CC6C7CCCCC7N(C7=CC(C8C=CCCC8)CC=C7)C6C=C5)=CC43)C2)=C1. The fourth-order valence-corrected chi connectivity index (χ4v) is 13.6. The highest BCUT2D eigenvalue weighted by Crippen LogP contribution is 2.52. The first-order valence-electron chi connectivity index (χ1n) is 23.3. The molecule has 2 fully saturated rings. The molecule has 0 N–H and O–H groups in total. The summed E-state index contributed by atoms with van der Waals surface area (Å²) in [7, 11) is 0. The number of rotatable bonds is 6. The first-order chi connectivity index (χ1) is 27.8. The highest BCUT2D eigenvalue weighted by molar-refractivity contribution is 5.56. The van der Waals surface area contributed by atoms with Crippen LogP contribution in [0, 0.1) is 41.4 Å². The molecule has 56 heavy (non-hydrogen) atoms. The van der Waals surface area contributed by atoms with E-state index < -0.39 is 0 Å². The van der Waals surface area contributed by atoms with Gasteiger partial charge in [-0.1, -0.05) is 133 Å². The lowest BCUT2D eigenvalue weighted by molar-refractivity contribution is 0.179. The van der Waals surface area contributed by atoms with Gasteiger partial charge in [0.05, 0.1) is 12.1 Å². The molecule has 11 atom stereocenters. The average molecular weight is 741 g/mol. The smallest absolute Gasteiger partial charge is 0.0586 e. The van der Waals surface area contributed by atoms with Gasteiger partial charge in [-0.25, -0.2) is 0 Å². The molecule has 2 heterocycles. The number of nitrogens with zero attached hydrogens (tertiary/aromatic N) is 2. The van der Waals surface area contributed by atoms with Gasteiger partial charge in [0.15, 0.2) is 0 Å². The molecule has 0 radical (unpaired) electrons. The van der Waals surface area contributed by atoms with E-state index in [1.54, 1.807) is 22.4 Å². The van der Waals surface area contributed by atoms with Gasteiger partial charge in [0, 0.05) is 41.2 Å². The molecule has 290 valence electrons. The third kappa shape index (κ3) is 6.37. The monoisotopic (exact) mass is 741 g/mol. The molecule has 0 amide bonds. The zero-order valence-electron chi connectivity index (χ0n) is 33.7. The van der Waals surface area contributed by atoms with Gasteiger partial charge in [0.1, 0.15) is 0 Å². The first kappa shape index (κ1) is 35.4. The fraction of sp³-hybridized carbons (Fsp3) is 0.519. The van der Waals surface area contributed by atoms with E-state index in [2.05, 4.69) is 125 Å². The van der Waals surface area contributed by atoms with Crippen LogP contribution in [0.4, 0.5) is 0 Å². The Hall–Kier alpha value is -3.78. The lowest BCUT2D eigenvalue weighted by Crippen LogP contribution is -2.44. The molecule has 0 aromatic rings. The lowest BCUT2D eigenvalue weighted by Gasteiger charge is -2.44. The highest BCUT2D eigenvalue weighted by Gasteiger charge is 2.50. The van der Waals surface area contributed by atoms with Crippen LogP contribution < -0.4 is 0 Å². The lowest BCUT2D eigenvalue weighted by atomic mass is 9.73. The van der Waals surface area contributed by atoms with E-state index in [9.17, 15) is 0 Å². The molecule has 11 aliphatic rings. The summed E-state index contributed by atoms with van der Waals surface area (Å²) >= 11 is 0. The molecule has 0 aromatic carbocycles. The summed E-state index contributed by atoms with van der Waals surface area (Å²) in [5.41, 5.74) is 11.2. The fourth-order valence-electron chi connectivity index (χ4n) is 13.6. The van der Waals surface area contributed by atoms with Gasteiger partial charge >= 0.3 is 0 Å². The number of fused-ring (bicyclic) bond motifs is 5. The van der Waals surface area contributed by atoms with E-state index in [0.717, 1.165) is 11.8 Å². The van der Waals surface area contributed by atoms with Crippen molar-refractivity contribution in [3.05, 3.63) is 155 Å². The Morgan fingerprint density at radius 1 is 0.589 bits per heavy atom. The number of allylic oxidation sites excluding steroid dienone is 19. The minimum absolute atomic E-state index is 0.414. The second-order valence-corrected chi connectivity index (χ2v) is 19.3. The van der Waals surface area contributed by atoms with Crippen LogP contribution in [0.2, 0.25) is 0 Å².